The van der Waals surface area contributed by atoms with E-state index in [1.54, 1.807) is 19.3 Å². The number of rotatable bonds is 4. The van der Waals surface area contributed by atoms with E-state index in [4.69, 9.17) is 11.6 Å². The van der Waals surface area contributed by atoms with Crippen molar-refractivity contribution >= 4 is 23.3 Å². The Hall–Kier alpha value is -2.08. The lowest BCUT2D eigenvalue weighted by Gasteiger charge is -2.07. The van der Waals surface area contributed by atoms with Gasteiger partial charge in [-0.15, -0.1) is 0 Å². The fraction of sp³-hybridized carbons (Fsp3) is 0.250. The zero-order chi connectivity index (χ0) is 13.8. The third-order valence-electron chi connectivity index (χ3n) is 2.69. The number of hydrogen-bond acceptors (Lipinski definition) is 4. The Balaban J connectivity index is 2.08. The van der Waals surface area contributed by atoms with Gasteiger partial charge in [-0.05, 0) is 19.1 Å². The Morgan fingerprint density at radius 3 is 2.89 bits per heavy atom. The topological polar surface area (TPSA) is 82.7 Å². The molecule has 0 spiro atoms. The van der Waals surface area contributed by atoms with Gasteiger partial charge >= 0.3 is 0 Å². The summed E-state index contributed by atoms with van der Waals surface area (Å²) in [6.45, 7) is 2.31. The normalized spacial score (nSPS) is 10.3. The van der Waals surface area contributed by atoms with Crippen LogP contribution in [-0.4, -0.2) is 28.1 Å². The average Bonchev–Trinajstić information content (AvgIpc) is 2.80. The number of aromatic nitrogens is 3. The van der Waals surface area contributed by atoms with Gasteiger partial charge in [0.25, 0.3) is 5.91 Å². The largest absolute Gasteiger partial charge is 0.373 e. The maximum absolute atomic E-state index is 12.0. The molecular weight excluding hydrogens is 266 g/mol. The maximum Gasteiger partial charge on any atom is 0.251 e. The van der Waals surface area contributed by atoms with Crippen LogP contribution in [0.4, 0.5) is 5.82 Å². The minimum Gasteiger partial charge on any atom is -0.373 e. The van der Waals surface area contributed by atoms with Crippen molar-refractivity contribution in [3.05, 3.63) is 40.3 Å². The molecule has 0 aliphatic rings. The van der Waals surface area contributed by atoms with Crippen LogP contribution >= 0.6 is 11.6 Å². The Morgan fingerprint density at radius 1 is 1.47 bits per heavy atom. The molecular formula is C12H14ClN5O. The first-order valence-electron chi connectivity index (χ1n) is 5.72. The van der Waals surface area contributed by atoms with E-state index in [9.17, 15) is 4.79 Å². The fourth-order valence-corrected chi connectivity index (χ4v) is 1.80. The molecule has 0 radical (unpaired) electrons. The highest BCUT2D eigenvalue weighted by molar-refractivity contribution is 6.29. The number of anilines is 1. The van der Waals surface area contributed by atoms with Gasteiger partial charge in [-0.2, -0.15) is 5.10 Å². The Morgan fingerprint density at radius 2 is 2.26 bits per heavy atom. The molecule has 1 amide bonds. The van der Waals surface area contributed by atoms with Gasteiger partial charge in [0.2, 0.25) is 0 Å². The summed E-state index contributed by atoms with van der Waals surface area (Å²) in [6.07, 6.45) is 1.69. The number of hydrogen-bond donors (Lipinski definition) is 3. The van der Waals surface area contributed by atoms with E-state index in [1.165, 1.54) is 6.07 Å². The van der Waals surface area contributed by atoms with Gasteiger partial charge in [0, 0.05) is 30.4 Å². The summed E-state index contributed by atoms with van der Waals surface area (Å²) >= 11 is 5.85. The molecule has 0 unspecified atom stereocenters. The lowest BCUT2D eigenvalue weighted by Crippen LogP contribution is -2.23. The number of aryl methyl sites for hydroxylation is 1. The van der Waals surface area contributed by atoms with Gasteiger partial charge in [0.05, 0.1) is 6.20 Å². The highest BCUT2D eigenvalue weighted by Gasteiger charge is 2.09. The standard InChI is InChI=1S/C12H14ClN5O/c1-7-9(6-16-18-7)5-15-12(19)8-3-10(13)17-11(4-8)14-2/h3-4,6H,5H2,1-2H3,(H,14,17)(H,15,19)(H,16,18). The summed E-state index contributed by atoms with van der Waals surface area (Å²) in [4.78, 5) is 16.0. The van der Waals surface area contributed by atoms with Crippen molar-refractivity contribution in [1.82, 2.24) is 20.5 Å². The molecule has 19 heavy (non-hydrogen) atoms. The van der Waals surface area contributed by atoms with Crippen molar-refractivity contribution in [2.45, 2.75) is 13.5 Å². The van der Waals surface area contributed by atoms with Crippen LogP contribution in [0.3, 0.4) is 0 Å². The van der Waals surface area contributed by atoms with Crippen molar-refractivity contribution in [3.8, 4) is 0 Å². The lowest BCUT2D eigenvalue weighted by molar-refractivity contribution is 0.0951. The molecule has 0 aromatic carbocycles. The van der Waals surface area contributed by atoms with Gasteiger partial charge in [-0.1, -0.05) is 11.6 Å². The Bertz CT molecular complexity index is 596. The second-order valence-corrected chi connectivity index (χ2v) is 4.40. The van der Waals surface area contributed by atoms with Gasteiger partial charge in [-0.25, -0.2) is 4.98 Å². The van der Waals surface area contributed by atoms with Crippen molar-refractivity contribution in [2.24, 2.45) is 0 Å². The van der Waals surface area contributed by atoms with Crippen LogP contribution in [0.2, 0.25) is 5.15 Å². The van der Waals surface area contributed by atoms with Crippen LogP contribution in [0.25, 0.3) is 0 Å². The highest BCUT2D eigenvalue weighted by atomic mass is 35.5. The number of carbonyl (C=O) groups is 1. The second-order valence-electron chi connectivity index (χ2n) is 4.02. The summed E-state index contributed by atoms with van der Waals surface area (Å²) in [6, 6.07) is 3.17. The summed E-state index contributed by atoms with van der Waals surface area (Å²) in [7, 11) is 1.72. The van der Waals surface area contributed by atoms with Crippen molar-refractivity contribution in [1.29, 1.82) is 0 Å². The molecule has 0 saturated carbocycles. The number of H-pyrrole nitrogens is 1. The van der Waals surface area contributed by atoms with E-state index in [-0.39, 0.29) is 11.1 Å². The van der Waals surface area contributed by atoms with Gasteiger partial charge < -0.3 is 10.6 Å². The summed E-state index contributed by atoms with van der Waals surface area (Å²) < 4.78 is 0. The molecule has 6 nitrogen and oxygen atoms in total. The lowest BCUT2D eigenvalue weighted by atomic mass is 10.2. The average molecular weight is 280 g/mol. The first-order valence-corrected chi connectivity index (χ1v) is 6.10. The van der Waals surface area contributed by atoms with Crippen LogP contribution in [0.15, 0.2) is 18.3 Å². The smallest absolute Gasteiger partial charge is 0.251 e. The number of nitrogens with one attached hydrogen (secondary N) is 3. The van der Waals surface area contributed by atoms with E-state index < -0.39 is 0 Å². The van der Waals surface area contributed by atoms with Gasteiger partial charge in [0.15, 0.2) is 0 Å². The predicted molar refractivity (Wildman–Crippen MR) is 73.3 cm³/mol. The minimum atomic E-state index is -0.207. The molecule has 0 aliphatic heterocycles. The van der Waals surface area contributed by atoms with Crippen molar-refractivity contribution < 1.29 is 4.79 Å². The molecule has 0 bridgehead atoms. The zero-order valence-electron chi connectivity index (χ0n) is 10.6. The first-order chi connectivity index (χ1) is 9.10. The SMILES string of the molecule is CNc1cc(C(=O)NCc2cn[nH]c2C)cc(Cl)n1. The molecule has 2 rings (SSSR count). The number of pyridine rings is 1. The minimum absolute atomic E-state index is 0.207. The van der Waals surface area contributed by atoms with Crippen LogP contribution in [0.5, 0.6) is 0 Å². The number of nitrogens with zero attached hydrogens (tertiary/aromatic N) is 2. The highest BCUT2D eigenvalue weighted by Crippen LogP contribution is 2.14. The molecule has 0 aliphatic carbocycles. The molecule has 2 aromatic rings. The van der Waals surface area contributed by atoms with Gasteiger partial charge in [0.1, 0.15) is 11.0 Å². The van der Waals surface area contributed by atoms with Crippen molar-refractivity contribution in [2.75, 3.05) is 12.4 Å². The Kier molecular flexibility index (Phi) is 4.01. The zero-order valence-corrected chi connectivity index (χ0v) is 11.4. The number of halogens is 1. The Labute approximate surface area is 115 Å². The van der Waals surface area contributed by atoms with E-state index in [0.29, 0.717) is 17.9 Å². The number of aromatic amines is 1. The van der Waals surface area contributed by atoms with Crippen molar-refractivity contribution in [3.63, 3.8) is 0 Å². The molecule has 0 atom stereocenters. The van der Waals surface area contributed by atoms with E-state index in [0.717, 1.165) is 11.3 Å². The van der Waals surface area contributed by atoms with Crippen LogP contribution in [0.1, 0.15) is 21.6 Å². The number of carbonyl (C=O) groups excluding carboxylic acids is 1. The van der Waals surface area contributed by atoms with E-state index >= 15 is 0 Å². The summed E-state index contributed by atoms with van der Waals surface area (Å²) in [5.74, 6) is 0.346. The van der Waals surface area contributed by atoms with Crippen LogP contribution in [-0.2, 0) is 6.54 Å². The van der Waals surface area contributed by atoms with E-state index in [1.807, 2.05) is 6.92 Å². The third kappa shape index (κ3) is 3.23. The molecule has 0 saturated heterocycles. The molecule has 100 valence electrons. The maximum atomic E-state index is 12.0. The van der Waals surface area contributed by atoms with Crippen LogP contribution in [0, 0.1) is 6.92 Å². The predicted octanol–water partition coefficient (Wildman–Crippen LogP) is 1.74. The van der Waals surface area contributed by atoms with E-state index in [2.05, 4.69) is 25.8 Å². The quantitative estimate of drug-likeness (QED) is 0.745. The third-order valence-corrected chi connectivity index (χ3v) is 2.88. The second kappa shape index (κ2) is 5.71. The number of amides is 1. The van der Waals surface area contributed by atoms with Crippen LogP contribution < -0.4 is 10.6 Å². The molecule has 7 heteroatoms. The summed E-state index contributed by atoms with van der Waals surface area (Å²) in [5.41, 5.74) is 2.34. The monoisotopic (exact) mass is 279 g/mol. The molecule has 3 N–H and O–H groups in total. The molecule has 0 fully saturated rings. The van der Waals surface area contributed by atoms with Gasteiger partial charge in [-0.3, -0.25) is 9.89 Å². The fourth-order valence-electron chi connectivity index (χ4n) is 1.59. The summed E-state index contributed by atoms with van der Waals surface area (Å²) in [5, 5.41) is 12.6. The molecule has 2 aromatic heterocycles. The first kappa shape index (κ1) is 13.4. The molecule has 2 heterocycles.